The molecule has 5 N–H and O–H groups in total. The van der Waals surface area contributed by atoms with Gasteiger partial charge in [0.2, 0.25) is 0 Å². The summed E-state index contributed by atoms with van der Waals surface area (Å²) in [6.07, 6.45) is -0.980. The predicted octanol–water partition coefficient (Wildman–Crippen LogP) is 0.350. The highest BCUT2D eigenvalue weighted by molar-refractivity contribution is 8.13. The number of nitrogen functional groups attached to an aromatic ring is 1. The number of carbonyl (C=O) groups excluding carboxylic acids is 1. The van der Waals surface area contributed by atoms with Crippen LogP contribution in [0, 0.1) is 5.41 Å². The number of rotatable bonds is 11. The molecular formula is C21H35N4O9PS. The monoisotopic (exact) mass is 550 g/mol. The van der Waals surface area contributed by atoms with Crippen molar-refractivity contribution in [3.63, 3.8) is 0 Å². The van der Waals surface area contributed by atoms with Gasteiger partial charge in [-0.15, -0.1) is 0 Å². The Morgan fingerprint density at radius 3 is 2.67 bits per heavy atom. The molecule has 0 saturated carbocycles. The van der Waals surface area contributed by atoms with Crippen molar-refractivity contribution in [1.82, 2.24) is 14.2 Å². The highest BCUT2D eigenvalue weighted by atomic mass is 32.2. The van der Waals surface area contributed by atoms with E-state index in [1.807, 2.05) is 0 Å². The van der Waals surface area contributed by atoms with Gasteiger partial charge in [0.1, 0.15) is 23.6 Å². The van der Waals surface area contributed by atoms with E-state index < -0.39 is 42.9 Å². The minimum atomic E-state index is -3.81. The van der Waals surface area contributed by atoms with Gasteiger partial charge in [-0.25, -0.2) is 14.0 Å². The summed E-state index contributed by atoms with van der Waals surface area (Å²) < 4.78 is 33.3. The number of aromatic nitrogens is 2. The lowest BCUT2D eigenvalue weighted by Gasteiger charge is -2.28. The molecule has 36 heavy (non-hydrogen) atoms. The number of carbonyl (C=O) groups is 1. The Morgan fingerprint density at radius 2 is 2.06 bits per heavy atom. The second kappa shape index (κ2) is 11.6. The fraction of sp³-hybridized carbons (Fsp3) is 0.762. The molecule has 2 aliphatic heterocycles. The zero-order valence-corrected chi connectivity index (χ0v) is 22.3. The molecule has 1 aromatic rings. The number of hydrogen-bond donors (Lipinski definition) is 4. The SMILES string of the molecule is CC(C)(CO)C(=O)SCCOP(=O)(OC[C@H]1O[C@@H](n2ccc(N)nc2=O)C(C)(O)C1O)N1CCCC1. The van der Waals surface area contributed by atoms with E-state index in [9.17, 15) is 29.5 Å². The third-order valence-corrected chi connectivity index (χ3v) is 9.47. The quantitative estimate of drug-likeness (QED) is 0.219. The smallest absolute Gasteiger partial charge is 0.395 e. The Hall–Kier alpha value is -1.35. The van der Waals surface area contributed by atoms with Crippen LogP contribution < -0.4 is 11.4 Å². The van der Waals surface area contributed by atoms with Crippen LogP contribution in [0.1, 0.15) is 39.8 Å². The van der Waals surface area contributed by atoms with Crippen LogP contribution in [0.2, 0.25) is 0 Å². The highest BCUT2D eigenvalue weighted by Gasteiger charge is 2.54. The second-order valence-corrected chi connectivity index (χ2v) is 12.8. The molecule has 2 saturated heterocycles. The van der Waals surface area contributed by atoms with Crippen molar-refractivity contribution >= 4 is 30.4 Å². The summed E-state index contributed by atoms with van der Waals surface area (Å²) in [5.41, 5.74) is 1.97. The molecule has 1 aromatic heterocycles. The summed E-state index contributed by atoms with van der Waals surface area (Å²) in [4.78, 5) is 28.1. The summed E-state index contributed by atoms with van der Waals surface area (Å²) in [7, 11) is -3.81. The van der Waals surface area contributed by atoms with Crippen molar-refractivity contribution < 1.29 is 38.5 Å². The molecule has 5 atom stereocenters. The van der Waals surface area contributed by atoms with Gasteiger partial charge in [-0.05, 0) is 39.7 Å². The van der Waals surface area contributed by atoms with Crippen LogP contribution in [0.4, 0.5) is 5.82 Å². The van der Waals surface area contributed by atoms with Gasteiger partial charge < -0.3 is 25.8 Å². The fourth-order valence-electron chi connectivity index (χ4n) is 3.84. The average molecular weight is 551 g/mol. The Kier molecular flexibility index (Phi) is 9.40. The maximum Gasteiger partial charge on any atom is 0.408 e. The third kappa shape index (κ3) is 6.37. The molecule has 3 unspecified atom stereocenters. The minimum Gasteiger partial charge on any atom is -0.395 e. The molecule has 3 heterocycles. The molecule has 0 aromatic carbocycles. The molecule has 2 fully saturated rings. The van der Waals surface area contributed by atoms with Crippen LogP contribution in [-0.4, -0.2) is 91.1 Å². The molecular weight excluding hydrogens is 515 g/mol. The topological polar surface area (TPSA) is 187 Å². The number of aliphatic hydroxyl groups is 3. The van der Waals surface area contributed by atoms with Crippen molar-refractivity contribution in [3.05, 3.63) is 22.7 Å². The van der Waals surface area contributed by atoms with E-state index in [-0.39, 0.29) is 36.5 Å². The van der Waals surface area contributed by atoms with E-state index in [1.165, 1.54) is 19.2 Å². The zero-order chi connectivity index (χ0) is 26.7. The summed E-state index contributed by atoms with van der Waals surface area (Å²) in [6.45, 7) is 4.82. The lowest BCUT2D eigenvalue weighted by Crippen LogP contribution is -2.46. The molecule has 0 spiro atoms. The van der Waals surface area contributed by atoms with E-state index in [1.54, 1.807) is 18.5 Å². The normalized spacial score (nSPS) is 28.9. The summed E-state index contributed by atoms with van der Waals surface area (Å²) in [5, 5.41) is 30.7. The van der Waals surface area contributed by atoms with Gasteiger partial charge in [-0.3, -0.25) is 18.4 Å². The van der Waals surface area contributed by atoms with E-state index >= 15 is 0 Å². The highest BCUT2D eigenvalue weighted by Crippen LogP contribution is 2.54. The molecule has 3 rings (SSSR count). The molecule has 15 heteroatoms. The van der Waals surface area contributed by atoms with Gasteiger partial charge in [-0.1, -0.05) is 11.8 Å². The molecule has 204 valence electrons. The molecule has 13 nitrogen and oxygen atoms in total. The molecule has 0 aliphatic carbocycles. The first-order chi connectivity index (χ1) is 16.8. The van der Waals surface area contributed by atoms with Crippen LogP contribution in [-0.2, 0) is 23.1 Å². The van der Waals surface area contributed by atoms with Gasteiger partial charge in [-0.2, -0.15) is 4.98 Å². The van der Waals surface area contributed by atoms with E-state index in [0.29, 0.717) is 13.1 Å². The number of ether oxygens (including phenoxy) is 1. The van der Waals surface area contributed by atoms with Crippen LogP contribution in [0.15, 0.2) is 17.1 Å². The first-order valence-electron chi connectivity index (χ1n) is 11.6. The lowest BCUT2D eigenvalue weighted by molar-refractivity contribution is -0.119. The maximum absolute atomic E-state index is 13.6. The van der Waals surface area contributed by atoms with Gasteiger partial charge >= 0.3 is 13.4 Å². The number of anilines is 1. The lowest BCUT2D eigenvalue weighted by atomic mass is 9.96. The standard InChI is InChI=1S/C21H35N4O9PS/c1-20(2,13-26)18(28)36-11-10-32-35(31,24-7-4-5-8-24)33-12-14-16(27)21(3,30)17(34-14)25-9-6-15(22)23-19(25)29/h6,9,14,16-17,26-27,30H,4-5,7-8,10-13H2,1-3H3,(H2,22,23,29)/t14-,16?,17-,21?,35?/m1/s1. The van der Waals surface area contributed by atoms with Gasteiger partial charge in [0, 0.05) is 25.0 Å². The van der Waals surface area contributed by atoms with E-state index in [2.05, 4.69) is 4.98 Å². The fourth-order valence-corrected chi connectivity index (χ4v) is 6.60. The van der Waals surface area contributed by atoms with Gasteiger partial charge in [0.25, 0.3) is 0 Å². The van der Waals surface area contributed by atoms with Crippen molar-refractivity contribution in [1.29, 1.82) is 0 Å². The van der Waals surface area contributed by atoms with Crippen molar-refractivity contribution in [2.24, 2.45) is 5.41 Å². The number of aliphatic hydroxyl groups excluding tert-OH is 2. The summed E-state index contributed by atoms with van der Waals surface area (Å²) >= 11 is 0.971. The van der Waals surface area contributed by atoms with Crippen LogP contribution >= 0.6 is 19.5 Å². The van der Waals surface area contributed by atoms with Gasteiger partial charge in [0.15, 0.2) is 11.3 Å². The first-order valence-corrected chi connectivity index (χ1v) is 14.1. The van der Waals surface area contributed by atoms with E-state index in [4.69, 9.17) is 19.5 Å². The molecule has 0 bridgehead atoms. The summed E-state index contributed by atoms with van der Waals surface area (Å²) in [5.74, 6) is 0.202. The van der Waals surface area contributed by atoms with Crippen LogP contribution in [0.25, 0.3) is 0 Å². The van der Waals surface area contributed by atoms with E-state index in [0.717, 1.165) is 29.2 Å². The Balaban J connectivity index is 1.66. The Labute approximate surface area is 213 Å². The molecule has 0 radical (unpaired) electrons. The van der Waals surface area contributed by atoms with Crippen molar-refractivity contribution in [3.8, 4) is 0 Å². The minimum absolute atomic E-state index is 0.00203. The van der Waals surface area contributed by atoms with Crippen molar-refractivity contribution in [2.75, 3.05) is 44.4 Å². The first kappa shape index (κ1) is 29.2. The number of thioether (sulfide) groups is 1. The van der Waals surface area contributed by atoms with Crippen LogP contribution in [0.5, 0.6) is 0 Å². The number of hydrogen-bond acceptors (Lipinski definition) is 12. The average Bonchev–Trinajstić information content (AvgIpc) is 3.44. The predicted molar refractivity (Wildman–Crippen MR) is 132 cm³/mol. The summed E-state index contributed by atoms with van der Waals surface area (Å²) in [6, 6.07) is 1.36. The Morgan fingerprint density at radius 1 is 1.39 bits per heavy atom. The molecule has 0 amide bonds. The zero-order valence-electron chi connectivity index (χ0n) is 20.6. The van der Waals surface area contributed by atoms with Gasteiger partial charge in [0.05, 0.1) is 25.2 Å². The third-order valence-electron chi connectivity index (χ3n) is 6.21. The number of nitrogens with two attached hydrogens (primary N) is 1. The maximum atomic E-state index is 13.6. The number of nitrogens with zero attached hydrogens (tertiary/aromatic N) is 3. The second-order valence-electron chi connectivity index (χ2n) is 9.68. The Bertz CT molecular complexity index is 1030. The van der Waals surface area contributed by atoms with Crippen LogP contribution in [0.3, 0.4) is 0 Å². The van der Waals surface area contributed by atoms with Crippen molar-refractivity contribution in [2.45, 2.75) is 57.6 Å². The molecule has 2 aliphatic rings. The largest absolute Gasteiger partial charge is 0.408 e.